The van der Waals surface area contributed by atoms with Gasteiger partial charge < -0.3 is 11.2 Å². The van der Waals surface area contributed by atoms with Crippen LogP contribution < -0.4 is 5.73 Å². The lowest BCUT2D eigenvalue weighted by Crippen LogP contribution is -2.04. The van der Waals surface area contributed by atoms with Gasteiger partial charge >= 0.3 is 0 Å². The molecule has 1 amide bonds. The highest BCUT2D eigenvalue weighted by molar-refractivity contribution is 5.84. The monoisotopic (exact) mass is 209 g/mol. The molecule has 0 aromatic heterocycles. The Kier molecular flexibility index (Phi) is 9.47. The number of hydrogen-bond acceptors (Lipinski definition) is 1. The summed E-state index contributed by atoms with van der Waals surface area (Å²) in [4.78, 5) is 9.47. The van der Waals surface area contributed by atoms with Crippen molar-refractivity contribution in [3.63, 3.8) is 0 Å². The summed E-state index contributed by atoms with van der Waals surface area (Å²) < 4.78 is 0. The van der Waals surface area contributed by atoms with Crippen molar-refractivity contribution in [2.45, 2.75) is 19.8 Å². The maximum Gasteiger partial charge on any atom is 0.240 e. The van der Waals surface area contributed by atoms with Crippen molar-refractivity contribution in [3.8, 4) is 0 Å². The van der Waals surface area contributed by atoms with Gasteiger partial charge in [0, 0.05) is 0 Å². The minimum Gasteiger partial charge on any atom is -0.412 e. The number of primary amides is 1. The van der Waals surface area contributed by atoms with Crippen LogP contribution in [0.3, 0.4) is 0 Å². The molecule has 0 saturated heterocycles. The molecule has 0 unspecified atom stereocenters. The minimum absolute atomic E-state index is 0. The maximum atomic E-state index is 9.47. The second-order valence-electron chi connectivity index (χ2n) is 3.17. The molecule has 0 aliphatic carbocycles. The molecule has 0 bridgehead atoms. The zero-order chi connectivity index (χ0) is 11.0. The Morgan fingerprint density at radius 3 is 1.93 bits per heavy atom. The number of amides is 1. The molecule has 1 aromatic rings. The molecular weight excluding hydrogens is 190 g/mol. The molecule has 0 fully saturated rings. The van der Waals surface area contributed by atoms with Crippen molar-refractivity contribution in [3.05, 3.63) is 48.6 Å². The lowest BCUT2D eigenvalue weighted by Gasteiger charge is -2.01. The summed E-state index contributed by atoms with van der Waals surface area (Å²) in [5.74, 6) is 0.177. The second kappa shape index (κ2) is 8.97. The molecule has 4 N–H and O–H groups in total. The van der Waals surface area contributed by atoms with Gasteiger partial charge in [0.05, 0.1) is 0 Å². The van der Waals surface area contributed by atoms with E-state index in [1.807, 2.05) is 6.07 Å². The highest BCUT2D eigenvalue weighted by atomic mass is 16.1. The quantitative estimate of drug-likeness (QED) is 0.739. The zero-order valence-electron chi connectivity index (χ0n) is 9.23. The second-order valence-corrected chi connectivity index (χ2v) is 3.17. The summed E-state index contributed by atoms with van der Waals surface area (Å²) in [6.45, 7) is 7.49. The Morgan fingerprint density at radius 2 is 1.73 bits per heavy atom. The van der Waals surface area contributed by atoms with Crippen LogP contribution in [0.4, 0.5) is 0 Å². The third-order valence-corrected chi connectivity index (χ3v) is 1.67. The van der Waals surface area contributed by atoms with E-state index in [-0.39, 0.29) is 5.48 Å². The summed E-state index contributed by atoms with van der Waals surface area (Å²) in [6.07, 6.45) is 1.06. The fraction of sp³-hybridized carbons (Fsp3) is 0.250. The minimum atomic E-state index is -0.481. The smallest absolute Gasteiger partial charge is 0.240 e. The van der Waals surface area contributed by atoms with Gasteiger partial charge in [-0.15, -0.1) is 0 Å². The van der Waals surface area contributed by atoms with E-state index in [9.17, 15) is 4.79 Å². The lowest BCUT2D eigenvalue weighted by atomic mass is 10.0. The van der Waals surface area contributed by atoms with Crippen molar-refractivity contribution >= 4 is 5.91 Å². The van der Waals surface area contributed by atoms with Gasteiger partial charge in [-0.2, -0.15) is 0 Å². The van der Waals surface area contributed by atoms with Crippen LogP contribution in [-0.2, 0) is 4.79 Å². The Bertz CT molecular complexity index is 281. The van der Waals surface area contributed by atoms with E-state index < -0.39 is 5.91 Å². The largest absolute Gasteiger partial charge is 0.412 e. The summed E-state index contributed by atoms with van der Waals surface area (Å²) in [5.41, 5.74) is 5.95. The highest BCUT2D eigenvalue weighted by Gasteiger charge is 1.93. The molecule has 15 heavy (non-hydrogen) atoms. The SMILES string of the molecule is C=CC(N)=O.CC(C)c1ccccc1.O. The van der Waals surface area contributed by atoms with Crippen molar-refractivity contribution in [1.29, 1.82) is 0 Å². The van der Waals surface area contributed by atoms with Crippen molar-refractivity contribution < 1.29 is 10.3 Å². The third-order valence-electron chi connectivity index (χ3n) is 1.67. The predicted molar refractivity (Wildman–Crippen MR) is 63.5 cm³/mol. The van der Waals surface area contributed by atoms with Crippen molar-refractivity contribution in [1.82, 2.24) is 0 Å². The molecule has 0 radical (unpaired) electrons. The summed E-state index contributed by atoms with van der Waals surface area (Å²) >= 11 is 0. The van der Waals surface area contributed by atoms with Gasteiger partial charge in [0.2, 0.25) is 5.91 Å². The average molecular weight is 209 g/mol. The van der Waals surface area contributed by atoms with Crippen LogP contribution in [0.5, 0.6) is 0 Å². The fourth-order valence-electron chi connectivity index (χ4n) is 0.838. The molecule has 1 aromatic carbocycles. The number of benzene rings is 1. The van der Waals surface area contributed by atoms with Crippen molar-refractivity contribution in [2.24, 2.45) is 5.73 Å². The van der Waals surface area contributed by atoms with Gasteiger partial charge in [-0.3, -0.25) is 4.79 Å². The first-order valence-electron chi connectivity index (χ1n) is 4.54. The van der Waals surface area contributed by atoms with Gasteiger partial charge in [0.1, 0.15) is 0 Å². The molecule has 0 spiro atoms. The Labute approximate surface area is 90.9 Å². The van der Waals surface area contributed by atoms with E-state index in [1.165, 1.54) is 5.56 Å². The van der Waals surface area contributed by atoms with Crippen LogP contribution in [0.25, 0.3) is 0 Å². The van der Waals surface area contributed by atoms with E-state index in [4.69, 9.17) is 0 Å². The molecular formula is C12H19NO2. The Balaban J connectivity index is 0. The summed E-state index contributed by atoms with van der Waals surface area (Å²) in [7, 11) is 0. The number of carbonyl (C=O) groups excluding carboxylic acids is 1. The van der Waals surface area contributed by atoms with Crippen LogP contribution in [0, 0.1) is 0 Å². The van der Waals surface area contributed by atoms with Crippen LogP contribution >= 0.6 is 0 Å². The molecule has 84 valence electrons. The van der Waals surface area contributed by atoms with E-state index in [0.29, 0.717) is 5.92 Å². The first kappa shape index (κ1) is 15.8. The van der Waals surface area contributed by atoms with Crippen LogP contribution in [0.2, 0.25) is 0 Å². The molecule has 0 atom stereocenters. The predicted octanol–water partition coefficient (Wildman–Crippen LogP) is 1.64. The molecule has 0 saturated carbocycles. The summed E-state index contributed by atoms with van der Waals surface area (Å²) in [5, 5.41) is 0. The van der Waals surface area contributed by atoms with E-state index in [0.717, 1.165) is 6.08 Å². The van der Waals surface area contributed by atoms with E-state index in [2.05, 4.69) is 50.4 Å². The first-order valence-corrected chi connectivity index (χ1v) is 4.54. The van der Waals surface area contributed by atoms with Gasteiger partial charge in [0.25, 0.3) is 0 Å². The molecule has 3 nitrogen and oxygen atoms in total. The molecule has 3 heteroatoms. The van der Waals surface area contributed by atoms with Crippen molar-refractivity contribution in [2.75, 3.05) is 0 Å². The van der Waals surface area contributed by atoms with Gasteiger partial charge in [-0.1, -0.05) is 50.8 Å². The standard InChI is InChI=1S/C9H12.C3H5NO.H2O/c1-8(2)9-6-4-3-5-7-9;1-2-3(4)5;/h3-8H,1-2H3;2H,1H2,(H2,4,5);1H2. The number of hydrogen-bond donors (Lipinski definition) is 1. The van der Waals surface area contributed by atoms with E-state index in [1.54, 1.807) is 0 Å². The molecule has 0 aliphatic rings. The van der Waals surface area contributed by atoms with Crippen LogP contribution in [-0.4, -0.2) is 11.4 Å². The number of rotatable bonds is 2. The molecule has 1 rings (SSSR count). The Hall–Kier alpha value is -1.61. The van der Waals surface area contributed by atoms with Gasteiger partial charge in [-0.25, -0.2) is 0 Å². The topological polar surface area (TPSA) is 74.6 Å². The van der Waals surface area contributed by atoms with E-state index >= 15 is 0 Å². The average Bonchev–Trinajstić information content (AvgIpc) is 2.20. The Morgan fingerprint density at radius 1 is 1.33 bits per heavy atom. The lowest BCUT2D eigenvalue weighted by molar-refractivity contribution is -0.113. The maximum absolute atomic E-state index is 9.47. The molecule has 0 heterocycles. The van der Waals surface area contributed by atoms with Gasteiger partial charge in [0.15, 0.2) is 0 Å². The molecule has 0 aliphatic heterocycles. The van der Waals surface area contributed by atoms with Gasteiger partial charge in [-0.05, 0) is 17.6 Å². The van der Waals surface area contributed by atoms with Crippen LogP contribution in [0.15, 0.2) is 43.0 Å². The highest BCUT2D eigenvalue weighted by Crippen LogP contribution is 2.11. The number of nitrogens with two attached hydrogens (primary N) is 1. The fourth-order valence-corrected chi connectivity index (χ4v) is 0.838. The zero-order valence-corrected chi connectivity index (χ0v) is 9.23. The third kappa shape index (κ3) is 8.71. The normalized spacial score (nSPS) is 8.20. The van der Waals surface area contributed by atoms with Crippen LogP contribution in [0.1, 0.15) is 25.3 Å². The summed E-state index contributed by atoms with van der Waals surface area (Å²) in [6, 6.07) is 10.5. The first-order chi connectivity index (χ1) is 6.57. The number of carbonyl (C=O) groups is 1.